The molecule has 0 aliphatic heterocycles. The Morgan fingerprint density at radius 2 is 1.88 bits per heavy atom. The normalized spacial score (nSPS) is 11.0. The Balaban J connectivity index is 2.57. The van der Waals surface area contributed by atoms with E-state index < -0.39 is 11.6 Å². The molecular formula is C9H7ClF3NO2. The van der Waals surface area contributed by atoms with E-state index in [1.165, 1.54) is 12.1 Å². The zero-order valence-electron chi connectivity index (χ0n) is 7.84. The smallest absolute Gasteiger partial charge is 0.406 e. The molecule has 0 saturated carbocycles. The average molecular weight is 254 g/mol. The highest BCUT2D eigenvalue weighted by molar-refractivity contribution is 6.64. The summed E-state index contributed by atoms with van der Waals surface area (Å²) in [6.07, 6.45) is -4.71. The van der Waals surface area contributed by atoms with Crippen LogP contribution >= 0.6 is 11.6 Å². The van der Waals surface area contributed by atoms with Crippen LogP contribution in [0.5, 0.6) is 5.75 Å². The van der Waals surface area contributed by atoms with E-state index in [9.17, 15) is 18.0 Å². The summed E-state index contributed by atoms with van der Waals surface area (Å²) in [6.45, 7) is -0.0962. The molecule has 7 heteroatoms. The van der Waals surface area contributed by atoms with Crippen molar-refractivity contribution in [2.75, 3.05) is 11.9 Å². The molecule has 0 saturated heterocycles. The quantitative estimate of drug-likeness (QED) is 0.839. The molecule has 0 amide bonds. The van der Waals surface area contributed by atoms with Gasteiger partial charge in [-0.15, -0.1) is 13.2 Å². The lowest BCUT2D eigenvalue weighted by molar-refractivity contribution is -0.274. The topological polar surface area (TPSA) is 38.3 Å². The predicted molar refractivity (Wildman–Crippen MR) is 52.5 cm³/mol. The van der Waals surface area contributed by atoms with Crippen molar-refractivity contribution in [3.63, 3.8) is 0 Å². The lowest BCUT2D eigenvalue weighted by Crippen LogP contribution is -2.17. The van der Waals surface area contributed by atoms with E-state index in [2.05, 4.69) is 10.1 Å². The highest BCUT2D eigenvalue weighted by Gasteiger charge is 2.30. The summed E-state index contributed by atoms with van der Waals surface area (Å²) in [5.74, 6) is -0.324. The molecule has 88 valence electrons. The van der Waals surface area contributed by atoms with Crippen molar-refractivity contribution in [2.45, 2.75) is 6.36 Å². The number of carbonyl (C=O) groups excluding carboxylic acids is 1. The molecule has 0 spiro atoms. The molecule has 0 fully saturated rings. The van der Waals surface area contributed by atoms with Crippen LogP contribution in [0.4, 0.5) is 18.9 Å². The number of carbonyl (C=O) groups is 1. The number of halogens is 4. The Morgan fingerprint density at radius 3 is 2.31 bits per heavy atom. The molecule has 0 bridgehead atoms. The van der Waals surface area contributed by atoms with Gasteiger partial charge in [-0.1, -0.05) is 0 Å². The van der Waals surface area contributed by atoms with Crippen LogP contribution in [0.1, 0.15) is 0 Å². The van der Waals surface area contributed by atoms with Crippen LogP contribution in [-0.4, -0.2) is 18.1 Å². The Hall–Kier alpha value is -1.43. The average Bonchev–Trinajstić information content (AvgIpc) is 2.14. The SMILES string of the molecule is O=C(Cl)CNc1ccc(OC(F)(F)F)cc1. The Kier molecular flexibility index (Phi) is 4.00. The first-order chi connectivity index (χ1) is 7.37. The van der Waals surface area contributed by atoms with Crippen molar-refractivity contribution >= 4 is 22.5 Å². The molecule has 0 aliphatic rings. The maximum absolute atomic E-state index is 11.8. The van der Waals surface area contributed by atoms with E-state index in [0.717, 1.165) is 12.1 Å². The van der Waals surface area contributed by atoms with Crippen LogP contribution in [0.3, 0.4) is 0 Å². The van der Waals surface area contributed by atoms with Gasteiger partial charge in [-0.05, 0) is 35.9 Å². The van der Waals surface area contributed by atoms with Crippen LogP contribution < -0.4 is 10.1 Å². The van der Waals surface area contributed by atoms with Crippen LogP contribution in [0.15, 0.2) is 24.3 Å². The van der Waals surface area contributed by atoms with Crippen LogP contribution in [0.2, 0.25) is 0 Å². The monoisotopic (exact) mass is 253 g/mol. The highest BCUT2D eigenvalue weighted by atomic mass is 35.5. The van der Waals surface area contributed by atoms with Crippen molar-refractivity contribution < 1.29 is 22.7 Å². The van der Waals surface area contributed by atoms with E-state index in [-0.39, 0.29) is 12.3 Å². The lowest BCUT2D eigenvalue weighted by atomic mass is 10.3. The molecular weight excluding hydrogens is 247 g/mol. The summed E-state index contributed by atoms with van der Waals surface area (Å²) in [6, 6.07) is 4.96. The first kappa shape index (κ1) is 12.6. The minimum atomic E-state index is -4.71. The molecule has 3 nitrogen and oxygen atoms in total. The largest absolute Gasteiger partial charge is 0.573 e. The maximum Gasteiger partial charge on any atom is 0.573 e. The molecule has 0 aromatic heterocycles. The van der Waals surface area contributed by atoms with Gasteiger partial charge in [-0.3, -0.25) is 4.79 Å². The third-order valence-corrected chi connectivity index (χ3v) is 1.65. The van der Waals surface area contributed by atoms with Gasteiger partial charge in [0.15, 0.2) is 0 Å². The van der Waals surface area contributed by atoms with E-state index in [1.54, 1.807) is 0 Å². The molecule has 0 heterocycles. The number of alkyl halides is 3. The summed E-state index contributed by atoms with van der Waals surface area (Å²) >= 11 is 5.07. The van der Waals surface area contributed by atoms with E-state index in [1.807, 2.05) is 0 Å². The second-order valence-electron chi connectivity index (χ2n) is 2.78. The van der Waals surface area contributed by atoms with Crippen LogP contribution in [-0.2, 0) is 4.79 Å². The highest BCUT2D eigenvalue weighted by Crippen LogP contribution is 2.23. The van der Waals surface area contributed by atoms with Crippen molar-refractivity contribution in [3.05, 3.63) is 24.3 Å². The molecule has 0 radical (unpaired) electrons. The van der Waals surface area contributed by atoms with Crippen molar-refractivity contribution in [2.24, 2.45) is 0 Å². The predicted octanol–water partition coefficient (Wildman–Crippen LogP) is 2.76. The molecule has 1 aromatic rings. The second-order valence-corrected chi connectivity index (χ2v) is 3.20. The van der Waals surface area contributed by atoms with E-state index >= 15 is 0 Å². The standard InChI is InChI=1S/C9H7ClF3NO2/c10-8(15)5-14-6-1-3-7(4-2-6)16-9(11,12)13/h1-4,14H,5H2. The summed E-state index contributed by atoms with van der Waals surface area (Å²) in [7, 11) is 0. The zero-order valence-corrected chi connectivity index (χ0v) is 8.60. The number of ether oxygens (including phenoxy) is 1. The summed E-state index contributed by atoms with van der Waals surface area (Å²) < 4.78 is 39.0. The van der Waals surface area contributed by atoms with Gasteiger partial charge >= 0.3 is 6.36 Å². The fraction of sp³-hybridized carbons (Fsp3) is 0.222. The van der Waals surface area contributed by atoms with Crippen molar-refractivity contribution in [1.82, 2.24) is 0 Å². The fourth-order valence-electron chi connectivity index (χ4n) is 0.946. The van der Waals surface area contributed by atoms with Crippen molar-refractivity contribution in [3.8, 4) is 5.75 Å². The molecule has 0 unspecified atom stereocenters. The third kappa shape index (κ3) is 4.88. The van der Waals surface area contributed by atoms with Gasteiger partial charge in [0.2, 0.25) is 5.24 Å². The molecule has 0 atom stereocenters. The number of rotatable bonds is 4. The number of anilines is 1. The maximum atomic E-state index is 11.8. The molecule has 1 rings (SSSR count). The summed E-state index contributed by atoms with van der Waals surface area (Å²) in [4.78, 5) is 10.4. The van der Waals surface area contributed by atoms with Gasteiger partial charge in [0.25, 0.3) is 0 Å². The fourth-order valence-corrected chi connectivity index (χ4v) is 1.01. The summed E-state index contributed by atoms with van der Waals surface area (Å²) in [5, 5.41) is 2.03. The molecule has 1 N–H and O–H groups in total. The molecule has 1 aromatic carbocycles. The minimum absolute atomic E-state index is 0.0962. The van der Waals surface area contributed by atoms with Gasteiger partial charge in [0.05, 0.1) is 6.54 Å². The molecule has 0 aliphatic carbocycles. The Bertz CT molecular complexity index is 364. The minimum Gasteiger partial charge on any atom is -0.406 e. The second kappa shape index (κ2) is 5.07. The van der Waals surface area contributed by atoms with Gasteiger partial charge in [-0.25, -0.2) is 0 Å². The van der Waals surface area contributed by atoms with E-state index in [0.29, 0.717) is 5.69 Å². The Morgan fingerprint density at radius 1 is 1.31 bits per heavy atom. The number of hydrogen-bond acceptors (Lipinski definition) is 3. The number of benzene rings is 1. The van der Waals surface area contributed by atoms with Gasteiger partial charge in [0, 0.05) is 5.69 Å². The van der Waals surface area contributed by atoms with Crippen molar-refractivity contribution in [1.29, 1.82) is 0 Å². The van der Waals surface area contributed by atoms with Crippen LogP contribution in [0, 0.1) is 0 Å². The van der Waals surface area contributed by atoms with Gasteiger partial charge in [0.1, 0.15) is 5.75 Å². The first-order valence-corrected chi connectivity index (χ1v) is 4.52. The summed E-state index contributed by atoms with van der Waals surface area (Å²) in [5.41, 5.74) is 0.475. The lowest BCUT2D eigenvalue weighted by Gasteiger charge is -2.09. The van der Waals surface area contributed by atoms with E-state index in [4.69, 9.17) is 11.6 Å². The first-order valence-electron chi connectivity index (χ1n) is 4.15. The Labute approximate surface area is 94.2 Å². The van der Waals surface area contributed by atoms with Crippen LogP contribution in [0.25, 0.3) is 0 Å². The third-order valence-electron chi connectivity index (χ3n) is 1.52. The van der Waals surface area contributed by atoms with Gasteiger partial charge < -0.3 is 10.1 Å². The number of nitrogens with one attached hydrogen (secondary N) is 1. The zero-order chi connectivity index (χ0) is 12.2. The molecule has 16 heavy (non-hydrogen) atoms. The number of hydrogen-bond donors (Lipinski definition) is 1. The van der Waals surface area contributed by atoms with Gasteiger partial charge in [-0.2, -0.15) is 0 Å².